The molecule has 2 N–H and O–H groups in total. The van der Waals surface area contributed by atoms with E-state index in [4.69, 9.17) is 4.74 Å². The number of carboxylic acid groups (broad SMARTS) is 1. The molecule has 5 saturated carbocycles. The molecule has 0 aromatic rings. The molecule has 5 aliphatic carbocycles. The van der Waals surface area contributed by atoms with Gasteiger partial charge in [-0.15, -0.1) is 0 Å². The molecule has 254 valence electrons. The van der Waals surface area contributed by atoms with Gasteiger partial charge in [0.15, 0.2) is 0 Å². The zero-order valence-corrected chi connectivity index (χ0v) is 29.5. The molecule has 7 aliphatic rings. The minimum atomic E-state index is -1.10. The summed E-state index contributed by atoms with van der Waals surface area (Å²) in [5.41, 5.74) is -0.0971. The van der Waals surface area contributed by atoms with Crippen LogP contribution in [-0.4, -0.2) is 74.8 Å². The van der Waals surface area contributed by atoms with Crippen molar-refractivity contribution >= 4 is 23.1 Å². The number of carboxylic acids is 1. The smallest absolute Gasteiger partial charge is 0.309 e. The molecule has 8 heteroatoms. The normalized spacial score (nSPS) is 49.1. The second kappa shape index (κ2) is 11.7. The molecule has 7 fully saturated rings. The van der Waals surface area contributed by atoms with Crippen LogP contribution >= 0.6 is 0 Å². The molecule has 0 amide bonds. The first-order chi connectivity index (χ1) is 21.3. The van der Waals surface area contributed by atoms with Crippen LogP contribution in [0.3, 0.4) is 0 Å². The highest BCUT2D eigenvalue weighted by molar-refractivity contribution is 7.92. The Morgan fingerprint density at radius 3 is 2.44 bits per heavy atom. The number of fused-ring (bicyclic) bond motifs is 9. The van der Waals surface area contributed by atoms with E-state index in [0.717, 1.165) is 68.3 Å². The molecule has 13 atom stereocenters. The minimum Gasteiger partial charge on any atom is -0.616 e. The van der Waals surface area contributed by atoms with Crippen molar-refractivity contribution in [3.63, 3.8) is 0 Å². The Balaban J connectivity index is 0.996. The van der Waals surface area contributed by atoms with Crippen molar-refractivity contribution in [1.82, 2.24) is 10.2 Å². The van der Waals surface area contributed by atoms with Gasteiger partial charge in [0.25, 0.3) is 0 Å². The molecule has 0 aromatic heterocycles. The zero-order chi connectivity index (χ0) is 31.9. The van der Waals surface area contributed by atoms with Crippen molar-refractivity contribution in [2.24, 2.45) is 51.8 Å². The lowest BCUT2D eigenvalue weighted by molar-refractivity contribution is -0.199. The maximum Gasteiger partial charge on any atom is 0.309 e. The lowest BCUT2D eigenvalue weighted by Crippen LogP contribution is -2.64. The molecule has 2 saturated heterocycles. The largest absolute Gasteiger partial charge is 0.616 e. The summed E-state index contributed by atoms with van der Waals surface area (Å²) in [7, 11) is 0. The van der Waals surface area contributed by atoms with Crippen LogP contribution in [-0.2, 0) is 25.5 Å². The molecule has 12 unspecified atom stereocenters. The van der Waals surface area contributed by atoms with E-state index >= 15 is 0 Å². The van der Waals surface area contributed by atoms with Crippen LogP contribution in [0.2, 0.25) is 0 Å². The van der Waals surface area contributed by atoms with E-state index < -0.39 is 22.6 Å². The minimum absolute atomic E-state index is 0.0733. The quantitative estimate of drug-likeness (QED) is 0.246. The SMILES string of the molecule is CC1C(OC(=O)CC(C)(C)C(=O)O)CCC2(C)C1CCC1(C)C3CCC4(NCCN5CC6CC5C[S+]6[O-])CCC[C@@H]4C3CCC21. The van der Waals surface area contributed by atoms with E-state index in [1.165, 1.54) is 57.8 Å². The monoisotopic (exact) mass is 644 g/mol. The highest BCUT2D eigenvalue weighted by Gasteiger charge is 2.65. The topological polar surface area (TPSA) is 102 Å². The fourth-order valence-electron chi connectivity index (χ4n) is 13.3. The summed E-state index contributed by atoms with van der Waals surface area (Å²) in [5.74, 6) is 3.66. The average molecular weight is 645 g/mol. The number of nitrogens with zero attached hydrogens (tertiary/aromatic N) is 1. The Morgan fingerprint density at radius 2 is 1.73 bits per heavy atom. The van der Waals surface area contributed by atoms with Gasteiger partial charge in [0.05, 0.1) is 17.9 Å². The fraction of sp³-hybridized carbons (Fsp3) is 0.946. The van der Waals surface area contributed by atoms with Gasteiger partial charge in [0, 0.05) is 31.6 Å². The van der Waals surface area contributed by atoms with Crippen LogP contribution in [0.4, 0.5) is 0 Å². The van der Waals surface area contributed by atoms with Crippen LogP contribution in [0.15, 0.2) is 0 Å². The van der Waals surface area contributed by atoms with E-state index in [2.05, 4.69) is 31.0 Å². The third-order valence-electron chi connectivity index (χ3n) is 15.6. The Bertz CT molecular complexity index is 1160. The number of carbonyl (C=O) groups excluding carboxylic acids is 1. The summed E-state index contributed by atoms with van der Waals surface area (Å²) in [4.78, 5) is 27.1. The van der Waals surface area contributed by atoms with Crippen LogP contribution in [0.25, 0.3) is 0 Å². The maximum atomic E-state index is 12.8. The second-order valence-electron chi connectivity index (χ2n) is 18.0. The first-order valence-corrected chi connectivity index (χ1v) is 19.9. The molecule has 2 bridgehead atoms. The first kappa shape index (κ1) is 32.7. The van der Waals surface area contributed by atoms with Crippen LogP contribution in [0.1, 0.15) is 118 Å². The number of esters is 1. The Labute approximate surface area is 274 Å². The molecule has 0 aromatic carbocycles. The standard InChI is InChI=1S/C37H60N2O5S/c1-23-27-10-14-36(5)28-11-16-37(38-17-18-39-21-25-19-24(39)22-45(25)43)13-6-7-29(37)26(28)8-9-31(36)35(27,4)15-12-30(23)44-32(40)20-34(2,3)33(41)42/h23-31,38H,6-22H2,1-5H3,(H,41,42)/t23?,24?,25?,26?,27?,28?,29-,30?,31?,35?,36?,37?,45?/m1/s1. The summed E-state index contributed by atoms with van der Waals surface area (Å²) < 4.78 is 18.2. The molecule has 0 radical (unpaired) electrons. The molecule has 2 heterocycles. The highest BCUT2D eigenvalue weighted by atomic mass is 32.2. The van der Waals surface area contributed by atoms with Gasteiger partial charge in [-0.25, -0.2) is 0 Å². The van der Waals surface area contributed by atoms with E-state index in [1.54, 1.807) is 13.8 Å². The zero-order valence-electron chi connectivity index (χ0n) is 28.7. The van der Waals surface area contributed by atoms with Gasteiger partial charge in [-0.1, -0.05) is 27.2 Å². The highest BCUT2D eigenvalue weighted by Crippen LogP contribution is 2.70. The molecule has 2 aliphatic heterocycles. The van der Waals surface area contributed by atoms with Crippen LogP contribution in [0, 0.1) is 51.8 Å². The molecule has 0 spiro atoms. The number of rotatable bonds is 8. The fourth-order valence-corrected chi connectivity index (χ4v) is 15.1. The predicted octanol–water partition coefficient (Wildman–Crippen LogP) is 6.02. The predicted molar refractivity (Wildman–Crippen MR) is 177 cm³/mol. The molecular formula is C37H60N2O5S. The van der Waals surface area contributed by atoms with Gasteiger partial charge >= 0.3 is 11.9 Å². The number of hydrogen-bond donors (Lipinski definition) is 2. The van der Waals surface area contributed by atoms with Gasteiger partial charge in [-0.3, -0.25) is 14.5 Å². The Hall–Kier alpha value is -0.830. The Morgan fingerprint density at radius 1 is 1.00 bits per heavy atom. The lowest BCUT2D eigenvalue weighted by Gasteiger charge is -2.68. The van der Waals surface area contributed by atoms with Crippen LogP contribution in [0.5, 0.6) is 0 Å². The van der Waals surface area contributed by atoms with Crippen molar-refractivity contribution in [3.8, 4) is 0 Å². The summed E-state index contributed by atoms with van der Waals surface area (Å²) in [6.07, 6.45) is 15.0. The third kappa shape index (κ3) is 5.33. The maximum absolute atomic E-state index is 12.8. The summed E-state index contributed by atoms with van der Waals surface area (Å²) in [5, 5.41) is 14.2. The molecule has 7 rings (SSSR count). The van der Waals surface area contributed by atoms with Crippen molar-refractivity contribution in [1.29, 1.82) is 0 Å². The lowest BCUT2D eigenvalue weighted by atomic mass is 9.38. The summed E-state index contributed by atoms with van der Waals surface area (Å²) in [6, 6.07) is 0.561. The number of ether oxygens (including phenoxy) is 1. The van der Waals surface area contributed by atoms with E-state index in [1.807, 2.05) is 0 Å². The van der Waals surface area contributed by atoms with E-state index in [0.29, 0.717) is 34.1 Å². The summed E-state index contributed by atoms with van der Waals surface area (Å²) in [6.45, 7) is 14.0. The molecule has 7 nitrogen and oxygen atoms in total. The van der Waals surface area contributed by atoms with Gasteiger partial charge in [0.2, 0.25) is 0 Å². The summed E-state index contributed by atoms with van der Waals surface area (Å²) >= 11 is -0.576. The van der Waals surface area contributed by atoms with Gasteiger partial charge in [-0.05, 0) is 136 Å². The van der Waals surface area contributed by atoms with Gasteiger partial charge in [0.1, 0.15) is 17.1 Å². The van der Waals surface area contributed by atoms with E-state index in [9.17, 15) is 19.2 Å². The number of nitrogens with one attached hydrogen (secondary N) is 1. The molecular weight excluding hydrogens is 584 g/mol. The first-order valence-electron chi connectivity index (χ1n) is 18.6. The van der Waals surface area contributed by atoms with Crippen molar-refractivity contribution in [2.45, 2.75) is 141 Å². The molecule has 45 heavy (non-hydrogen) atoms. The van der Waals surface area contributed by atoms with Gasteiger partial charge in [-0.2, -0.15) is 0 Å². The third-order valence-corrected chi connectivity index (χ3v) is 17.4. The van der Waals surface area contributed by atoms with Crippen molar-refractivity contribution < 1.29 is 24.0 Å². The number of likely N-dealkylation sites (tertiary alicyclic amines) is 1. The Kier molecular flexibility index (Phi) is 8.47. The second-order valence-corrected chi connectivity index (χ2v) is 19.8. The van der Waals surface area contributed by atoms with Crippen LogP contribution < -0.4 is 5.32 Å². The number of aliphatic carboxylic acids is 1. The van der Waals surface area contributed by atoms with Crippen molar-refractivity contribution in [2.75, 3.05) is 25.4 Å². The van der Waals surface area contributed by atoms with E-state index in [-0.39, 0.29) is 23.9 Å². The number of carbonyl (C=O) groups is 2. The number of hydrogen-bond acceptors (Lipinski definition) is 6. The van der Waals surface area contributed by atoms with Crippen molar-refractivity contribution in [3.05, 3.63) is 0 Å². The van der Waals surface area contributed by atoms with Gasteiger partial charge < -0.3 is 19.7 Å². The average Bonchev–Trinajstić information content (AvgIpc) is 3.68.